The molecule has 18 nitrogen and oxygen atoms in total. The number of phenols is 2. The summed E-state index contributed by atoms with van der Waals surface area (Å²) >= 11 is 0. The van der Waals surface area contributed by atoms with Gasteiger partial charge in [0.05, 0.1) is 28.4 Å². The molecule has 3 heterocycles. The SMILES string of the molecule is C=CCOc1cc(Cc2ccc(N3C(=O)C=CC3=O)c(OCC=C)c2)ccc1N1C(=O)C=CC1=O.C=CCOc1ccc(Cc2ccc(OCC=C)c(N)c2)cc1N.Nc1ccc(O)cc1.O=C1C=CC(=O)N1c1ccc(O)cc1.[HH]. The minimum Gasteiger partial charge on any atom is -0.508 e. The summed E-state index contributed by atoms with van der Waals surface area (Å²) in [6, 6.07) is 34.3. The van der Waals surface area contributed by atoms with E-state index in [4.69, 9.17) is 46.4 Å². The zero-order chi connectivity index (χ0) is 57.7. The molecule has 18 heteroatoms. The molecule has 0 bridgehead atoms. The van der Waals surface area contributed by atoms with Crippen molar-refractivity contribution >= 4 is 69.6 Å². The number of nitrogens with zero attached hydrogens (tertiary/aromatic N) is 3. The molecule has 0 unspecified atom stereocenters. The predicted molar refractivity (Wildman–Crippen MR) is 311 cm³/mol. The average molecular weight is 1080 g/mol. The number of carbonyl (C=O) groups excluding carboxylic acids is 6. The van der Waals surface area contributed by atoms with Crippen LogP contribution in [0.25, 0.3) is 0 Å². The van der Waals surface area contributed by atoms with E-state index >= 15 is 0 Å². The molecule has 0 fully saturated rings. The van der Waals surface area contributed by atoms with Crippen LogP contribution in [0.5, 0.6) is 34.5 Å². The summed E-state index contributed by atoms with van der Waals surface area (Å²) < 4.78 is 22.4. The van der Waals surface area contributed by atoms with E-state index in [2.05, 4.69) is 26.3 Å². The van der Waals surface area contributed by atoms with Crippen LogP contribution in [0.3, 0.4) is 0 Å². The van der Waals surface area contributed by atoms with Gasteiger partial charge in [-0.15, -0.1) is 0 Å². The van der Waals surface area contributed by atoms with Gasteiger partial charge in [0, 0.05) is 43.6 Å². The van der Waals surface area contributed by atoms with Crippen LogP contribution in [0, 0.1) is 0 Å². The van der Waals surface area contributed by atoms with Crippen LogP contribution in [0.1, 0.15) is 23.7 Å². The molecule has 9 rings (SSSR count). The van der Waals surface area contributed by atoms with E-state index in [1.165, 1.54) is 60.7 Å². The fourth-order valence-electron chi connectivity index (χ4n) is 7.69. The molecule has 3 aliphatic heterocycles. The zero-order valence-corrected chi connectivity index (χ0v) is 43.4. The van der Waals surface area contributed by atoms with Crippen LogP contribution in [0.15, 0.2) is 208 Å². The Hall–Kier alpha value is -10.9. The van der Waals surface area contributed by atoms with Gasteiger partial charge in [-0.1, -0.05) is 74.9 Å². The molecule has 3 aliphatic rings. The number of carbonyl (C=O) groups is 6. The number of phenolic OH excluding ortho intramolecular Hbond substituents is 2. The second kappa shape index (κ2) is 28.3. The maximum absolute atomic E-state index is 12.2. The largest absolute Gasteiger partial charge is 0.508 e. The molecule has 6 amide bonds. The van der Waals surface area contributed by atoms with Crippen LogP contribution in [0.2, 0.25) is 0 Å². The molecule has 0 radical (unpaired) electrons. The third-order valence-electron chi connectivity index (χ3n) is 11.4. The zero-order valence-electron chi connectivity index (χ0n) is 43.4. The summed E-state index contributed by atoms with van der Waals surface area (Å²) in [5.41, 5.74) is 24.3. The molecular formula is C62H60N6O12. The minimum atomic E-state index is -0.439. The van der Waals surface area contributed by atoms with Gasteiger partial charge in [0.1, 0.15) is 60.9 Å². The van der Waals surface area contributed by atoms with Crippen LogP contribution < -0.4 is 50.8 Å². The smallest absolute Gasteiger partial charge is 0.258 e. The number of nitrogens with two attached hydrogens (primary N) is 3. The first kappa shape index (κ1) is 58.4. The van der Waals surface area contributed by atoms with Gasteiger partial charge >= 0.3 is 0 Å². The van der Waals surface area contributed by atoms with E-state index in [0.29, 0.717) is 76.8 Å². The average Bonchev–Trinajstić information content (AvgIpc) is 4.19. The highest BCUT2D eigenvalue weighted by atomic mass is 16.5. The minimum absolute atomic E-state index is 0. The third kappa shape index (κ3) is 15.8. The highest BCUT2D eigenvalue weighted by Gasteiger charge is 2.30. The second-order valence-electron chi connectivity index (χ2n) is 17.2. The summed E-state index contributed by atoms with van der Waals surface area (Å²) in [5.74, 6) is -0.0574. The Morgan fingerprint density at radius 1 is 0.388 bits per heavy atom. The summed E-state index contributed by atoms with van der Waals surface area (Å²) in [5, 5.41) is 17.7. The number of benzene rings is 6. The summed E-state index contributed by atoms with van der Waals surface area (Å²) in [7, 11) is 0. The quantitative estimate of drug-likeness (QED) is 0.0219. The van der Waals surface area contributed by atoms with Crippen molar-refractivity contribution in [1.82, 2.24) is 0 Å². The molecule has 0 saturated heterocycles. The van der Waals surface area contributed by atoms with Crippen LogP contribution in [0.4, 0.5) is 34.1 Å². The first-order valence-electron chi connectivity index (χ1n) is 24.5. The molecule has 0 saturated carbocycles. The molecule has 8 N–H and O–H groups in total. The molecule has 0 spiro atoms. The Balaban J connectivity index is 0.000000223. The summed E-state index contributed by atoms with van der Waals surface area (Å²) in [4.78, 5) is 74.3. The van der Waals surface area contributed by atoms with E-state index < -0.39 is 23.6 Å². The van der Waals surface area contributed by atoms with Crippen LogP contribution in [-0.4, -0.2) is 72.1 Å². The standard InChI is InChI=1S/C27H22N2O6.C19H22N2O2.C10H7NO3.C6H7NO.H2/c1-3-13-34-22-16-18(5-7-20(22)28-24(30)9-10-25(28)31)15-19-6-8-21(23(17-19)35-14-4-2)29-26(32)11-12-27(29)33;1-3-9-22-18-7-5-14(12-16(18)20)11-15-6-8-19(17(21)13-15)23-10-4-2;12-8-3-1-7(2-4-8)11-9(13)5-6-10(11)14;7-5-1-3-6(8)4-2-5;/h3-12,16-17H,1-2,13-15H2;3-8,12-13H,1-2,9-11,20-21H2;1-6,12H;1-4,8H,7H2;1H. The number of amides is 6. The molecule has 6 aromatic rings. The number of aromatic hydroxyl groups is 2. The van der Waals surface area contributed by atoms with E-state index in [1.54, 1.807) is 85.0 Å². The third-order valence-corrected chi connectivity index (χ3v) is 11.4. The van der Waals surface area contributed by atoms with E-state index in [0.717, 1.165) is 43.4 Å². The van der Waals surface area contributed by atoms with Crippen LogP contribution >= 0.6 is 0 Å². The van der Waals surface area contributed by atoms with Crippen molar-refractivity contribution < 1.29 is 59.4 Å². The van der Waals surface area contributed by atoms with E-state index in [-0.39, 0.29) is 38.0 Å². The van der Waals surface area contributed by atoms with Gasteiger partial charge < -0.3 is 46.4 Å². The van der Waals surface area contributed by atoms with Crippen molar-refractivity contribution in [3.05, 3.63) is 231 Å². The molecule has 80 heavy (non-hydrogen) atoms. The van der Waals surface area contributed by atoms with Gasteiger partial charge in [0.15, 0.2) is 0 Å². The monoisotopic (exact) mass is 1080 g/mol. The molecule has 0 atom stereocenters. The van der Waals surface area contributed by atoms with Crippen molar-refractivity contribution in [1.29, 1.82) is 0 Å². The van der Waals surface area contributed by atoms with Crippen molar-refractivity contribution in [2.24, 2.45) is 0 Å². The maximum Gasteiger partial charge on any atom is 0.258 e. The maximum atomic E-state index is 12.2. The molecule has 410 valence electrons. The van der Waals surface area contributed by atoms with Crippen LogP contribution in [-0.2, 0) is 41.6 Å². The fraction of sp³-hybridized carbons (Fsp3) is 0.0968. The number of rotatable bonds is 19. The number of hydrogen-bond acceptors (Lipinski definition) is 15. The lowest BCUT2D eigenvalue weighted by molar-refractivity contribution is -0.121. The van der Waals surface area contributed by atoms with Crippen molar-refractivity contribution in [3.8, 4) is 34.5 Å². The van der Waals surface area contributed by atoms with Gasteiger partial charge in [0.2, 0.25) is 0 Å². The Labute approximate surface area is 463 Å². The van der Waals surface area contributed by atoms with Gasteiger partial charge in [-0.2, -0.15) is 0 Å². The number of imide groups is 3. The first-order valence-corrected chi connectivity index (χ1v) is 24.5. The Morgan fingerprint density at radius 2 is 0.688 bits per heavy atom. The molecule has 6 aromatic carbocycles. The van der Waals surface area contributed by atoms with Crippen molar-refractivity contribution in [2.75, 3.05) is 58.3 Å². The van der Waals surface area contributed by atoms with E-state index in [9.17, 15) is 28.8 Å². The first-order chi connectivity index (χ1) is 38.5. The number of anilines is 6. The highest BCUT2D eigenvalue weighted by molar-refractivity contribution is 6.30. The normalized spacial score (nSPS) is 12.9. The lowest BCUT2D eigenvalue weighted by Gasteiger charge is -2.20. The van der Waals surface area contributed by atoms with Gasteiger partial charge in [0.25, 0.3) is 35.4 Å². The van der Waals surface area contributed by atoms with Crippen molar-refractivity contribution in [3.63, 3.8) is 0 Å². The summed E-state index contributed by atoms with van der Waals surface area (Å²) in [6.45, 7) is 15.8. The van der Waals surface area contributed by atoms with Gasteiger partial charge in [-0.25, -0.2) is 14.7 Å². The highest BCUT2D eigenvalue weighted by Crippen LogP contribution is 2.36. The number of nitrogen functional groups attached to an aromatic ring is 3. The Kier molecular flexibility index (Phi) is 20.7. The summed E-state index contributed by atoms with van der Waals surface area (Å²) in [6.07, 6.45) is 15.0. The van der Waals surface area contributed by atoms with Crippen molar-refractivity contribution in [2.45, 2.75) is 12.8 Å². The lowest BCUT2D eigenvalue weighted by Crippen LogP contribution is -2.30. The topological polar surface area (TPSA) is 268 Å². The number of ether oxygens (including phenoxy) is 4. The number of hydrogen-bond donors (Lipinski definition) is 5. The van der Waals surface area contributed by atoms with Gasteiger partial charge in [-0.3, -0.25) is 28.8 Å². The fourth-order valence-corrected chi connectivity index (χ4v) is 7.69. The predicted octanol–water partition coefficient (Wildman–Crippen LogP) is 8.88. The lowest BCUT2D eigenvalue weighted by atomic mass is 10.0. The van der Waals surface area contributed by atoms with Gasteiger partial charge in [-0.05, 0) is 132 Å². The Morgan fingerprint density at radius 3 is 1.01 bits per heavy atom. The molecule has 0 aliphatic carbocycles. The molecular weight excluding hydrogens is 1020 g/mol. The van der Waals surface area contributed by atoms with E-state index in [1.807, 2.05) is 36.4 Å². The Bertz CT molecular complexity index is 3180. The second-order valence-corrected chi connectivity index (χ2v) is 17.2. The molecule has 0 aromatic heterocycles.